The molecule has 0 aliphatic rings. The molecule has 0 aliphatic carbocycles. The Balaban J connectivity index is 1.51. The van der Waals surface area contributed by atoms with E-state index < -0.39 is 0 Å². The maximum atomic E-state index is 12.5. The number of anilines is 1. The van der Waals surface area contributed by atoms with Crippen molar-refractivity contribution in [3.05, 3.63) is 80.3 Å². The predicted octanol–water partition coefficient (Wildman–Crippen LogP) is 7.39. The van der Waals surface area contributed by atoms with Crippen molar-refractivity contribution in [2.24, 2.45) is 0 Å². The number of carbonyl (C=O) groups is 1. The fourth-order valence-corrected chi connectivity index (χ4v) is 3.91. The molecule has 2 heterocycles. The van der Waals surface area contributed by atoms with Gasteiger partial charge in [0.1, 0.15) is 5.76 Å². The molecular weight excluding hydrogens is 483 g/mol. The molecule has 4 nitrogen and oxygen atoms in total. The van der Waals surface area contributed by atoms with Crippen molar-refractivity contribution in [2.75, 3.05) is 5.32 Å². The number of halogens is 3. The quantitative estimate of drug-likeness (QED) is 0.322. The van der Waals surface area contributed by atoms with Gasteiger partial charge in [0, 0.05) is 21.0 Å². The third kappa shape index (κ3) is 4.00. The van der Waals surface area contributed by atoms with Gasteiger partial charge in [-0.15, -0.1) is 11.3 Å². The Morgan fingerprint density at radius 1 is 1.07 bits per heavy atom. The smallest absolute Gasteiger partial charge is 0.293 e. The molecule has 0 spiro atoms. The monoisotopic (exact) mass is 492 g/mol. The summed E-state index contributed by atoms with van der Waals surface area (Å²) in [7, 11) is 0. The largest absolute Gasteiger partial charge is 0.451 e. The van der Waals surface area contributed by atoms with Crippen molar-refractivity contribution in [3.63, 3.8) is 0 Å². The van der Waals surface area contributed by atoms with Crippen molar-refractivity contribution < 1.29 is 9.21 Å². The van der Waals surface area contributed by atoms with Crippen LogP contribution in [0.25, 0.3) is 22.6 Å². The number of aromatic nitrogens is 1. The fraction of sp³-hybridized carbons (Fsp3) is 0. The molecule has 1 N–H and O–H groups in total. The third-order valence-corrected chi connectivity index (χ3v) is 6.02. The van der Waals surface area contributed by atoms with Gasteiger partial charge in [0.15, 0.2) is 10.9 Å². The van der Waals surface area contributed by atoms with Crippen LogP contribution in [0.2, 0.25) is 10.0 Å². The number of amides is 1. The van der Waals surface area contributed by atoms with Crippen LogP contribution in [-0.2, 0) is 0 Å². The highest BCUT2D eigenvalue weighted by Crippen LogP contribution is 2.34. The first kappa shape index (κ1) is 19.2. The normalized spacial score (nSPS) is 10.8. The van der Waals surface area contributed by atoms with Gasteiger partial charge in [-0.3, -0.25) is 10.1 Å². The second kappa shape index (κ2) is 8.09. The molecule has 140 valence electrons. The standard InChI is InChI=1S/C20H11BrCl2N2O2S/c21-12-6-4-11(5-7-12)15-10-28-20(24-15)25-19(26)17-9-8-16(27-17)13-2-1-3-14(22)18(13)23/h1-10H,(H,24,25,26). The third-order valence-electron chi connectivity index (χ3n) is 3.91. The van der Waals surface area contributed by atoms with Crippen molar-refractivity contribution in [1.29, 1.82) is 0 Å². The van der Waals surface area contributed by atoms with Gasteiger partial charge in [-0.25, -0.2) is 4.98 Å². The van der Waals surface area contributed by atoms with Gasteiger partial charge in [-0.05, 0) is 36.4 Å². The summed E-state index contributed by atoms with van der Waals surface area (Å²) in [4.78, 5) is 17.0. The van der Waals surface area contributed by atoms with E-state index in [4.69, 9.17) is 27.6 Å². The van der Waals surface area contributed by atoms with Crippen molar-refractivity contribution in [1.82, 2.24) is 4.98 Å². The Bertz CT molecular complexity index is 1160. The predicted molar refractivity (Wildman–Crippen MR) is 117 cm³/mol. The number of hydrogen-bond donors (Lipinski definition) is 1. The summed E-state index contributed by atoms with van der Waals surface area (Å²) in [6, 6.07) is 16.3. The molecule has 0 bridgehead atoms. The average molecular weight is 494 g/mol. The van der Waals surface area contributed by atoms with E-state index in [0.29, 0.717) is 26.5 Å². The van der Waals surface area contributed by atoms with E-state index >= 15 is 0 Å². The van der Waals surface area contributed by atoms with E-state index in [9.17, 15) is 4.79 Å². The lowest BCUT2D eigenvalue weighted by Crippen LogP contribution is -2.10. The molecule has 0 saturated heterocycles. The van der Waals surface area contributed by atoms with Crippen LogP contribution in [-0.4, -0.2) is 10.9 Å². The van der Waals surface area contributed by atoms with Crippen molar-refractivity contribution >= 4 is 61.5 Å². The minimum Gasteiger partial charge on any atom is -0.451 e. The summed E-state index contributed by atoms with van der Waals surface area (Å²) in [5.74, 6) is 0.236. The van der Waals surface area contributed by atoms with Gasteiger partial charge in [-0.1, -0.05) is 57.3 Å². The highest BCUT2D eigenvalue weighted by Gasteiger charge is 2.16. The molecule has 0 fully saturated rings. The molecule has 4 aromatic rings. The lowest BCUT2D eigenvalue weighted by atomic mass is 10.2. The molecule has 0 saturated carbocycles. The van der Waals surface area contributed by atoms with E-state index in [1.165, 1.54) is 11.3 Å². The summed E-state index contributed by atoms with van der Waals surface area (Å²) in [5, 5.41) is 5.93. The van der Waals surface area contributed by atoms with E-state index in [1.54, 1.807) is 30.3 Å². The minimum absolute atomic E-state index is 0.159. The summed E-state index contributed by atoms with van der Waals surface area (Å²) >= 11 is 17.0. The van der Waals surface area contributed by atoms with Gasteiger partial charge < -0.3 is 4.42 Å². The Kier molecular flexibility index (Phi) is 5.55. The molecule has 0 radical (unpaired) electrons. The van der Waals surface area contributed by atoms with Crippen LogP contribution in [0.1, 0.15) is 10.6 Å². The zero-order valence-corrected chi connectivity index (χ0v) is 18.0. The number of furan rings is 1. The van der Waals surface area contributed by atoms with Crippen LogP contribution >= 0.6 is 50.5 Å². The van der Waals surface area contributed by atoms with Crippen LogP contribution in [0.3, 0.4) is 0 Å². The van der Waals surface area contributed by atoms with Crippen LogP contribution in [0.15, 0.2) is 68.9 Å². The molecule has 8 heteroatoms. The molecule has 28 heavy (non-hydrogen) atoms. The Labute approximate surface area is 183 Å². The zero-order valence-electron chi connectivity index (χ0n) is 14.1. The SMILES string of the molecule is O=C(Nc1nc(-c2ccc(Br)cc2)cs1)c1ccc(-c2cccc(Cl)c2Cl)o1. The molecular formula is C20H11BrCl2N2O2S. The number of hydrogen-bond acceptors (Lipinski definition) is 4. The van der Waals surface area contributed by atoms with Crippen LogP contribution in [0.5, 0.6) is 0 Å². The number of nitrogens with zero attached hydrogens (tertiary/aromatic N) is 1. The average Bonchev–Trinajstić information content (AvgIpc) is 3.34. The second-order valence-electron chi connectivity index (χ2n) is 5.76. The van der Waals surface area contributed by atoms with Gasteiger partial charge >= 0.3 is 0 Å². The van der Waals surface area contributed by atoms with Crippen LogP contribution < -0.4 is 5.32 Å². The molecule has 1 amide bonds. The minimum atomic E-state index is -0.388. The van der Waals surface area contributed by atoms with Crippen LogP contribution in [0.4, 0.5) is 5.13 Å². The second-order valence-corrected chi connectivity index (χ2v) is 8.32. The Morgan fingerprint density at radius 3 is 2.64 bits per heavy atom. The topological polar surface area (TPSA) is 55.1 Å². The van der Waals surface area contributed by atoms with Gasteiger partial charge in [0.2, 0.25) is 0 Å². The zero-order chi connectivity index (χ0) is 19.7. The molecule has 0 unspecified atom stereocenters. The van der Waals surface area contributed by atoms with Gasteiger partial charge in [0.05, 0.1) is 15.7 Å². The molecule has 0 aliphatic heterocycles. The lowest BCUT2D eigenvalue weighted by molar-refractivity contribution is 0.0997. The number of carbonyl (C=O) groups excluding carboxylic acids is 1. The van der Waals surface area contributed by atoms with Gasteiger partial charge in [0.25, 0.3) is 5.91 Å². The maximum absolute atomic E-state index is 12.5. The van der Waals surface area contributed by atoms with Gasteiger partial charge in [-0.2, -0.15) is 0 Å². The summed E-state index contributed by atoms with van der Waals surface area (Å²) in [6.45, 7) is 0. The lowest BCUT2D eigenvalue weighted by Gasteiger charge is -2.02. The molecule has 4 rings (SSSR count). The van der Waals surface area contributed by atoms with Crippen molar-refractivity contribution in [2.45, 2.75) is 0 Å². The van der Waals surface area contributed by atoms with E-state index in [2.05, 4.69) is 26.2 Å². The molecule has 2 aromatic heterocycles. The summed E-state index contributed by atoms with van der Waals surface area (Å²) < 4.78 is 6.65. The van der Waals surface area contributed by atoms with Crippen LogP contribution in [0, 0.1) is 0 Å². The first-order valence-electron chi connectivity index (χ1n) is 8.08. The molecule has 2 aromatic carbocycles. The highest BCUT2D eigenvalue weighted by molar-refractivity contribution is 9.10. The number of nitrogens with one attached hydrogen (secondary N) is 1. The first-order valence-corrected chi connectivity index (χ1v) is 10.5. The summed E-state index contributed by atoms with van der Waals surface area (Å²) in [5.41, 5.74) is 2.38. The van der Waals surface area contributed by atoms with Crippen molar-refractivity contribution in [3.8, 4) is 22.6 Å². The Hall–Kier alpha value is -2.12. The Morgan fingerprint density at radius 2 is 1.86 bits per heavy atom. The van der Waals surface area contributed by atoms with E-state index in [1.807, 2.05) is 29.6 Å². The number of benzene rings is 2. The number of thiazole rings is 1. The van der Waals surface area contributed by atoms with E-state index in [-0.39, 0.29) is 11.7 Å². The van der Waals surface area contributed by atoms with E-state index in [0.717, 1.165) is 15.7 Å². The fourth-order valence-electron chi connectivity index (χ4n) is 2.54. The molecule has 0 atom stereocenters. The highest BCUT2D eigenvalue weighted by atomic mass is 79.9. The summed E-state index contributed by atoms with van der Waals surface area (Å²) in [6.07, 6.45) is 0. The maximum Gasteiger partial charge on any atom is 0.293 e. The first-order chi connectivity index (χ1) is 13.5. The number of rotatable bonds is 4.